The van der Waals surface area contributed by atoms with E-state index in [1.165, 1.54) is 36.4 Å². The molecule has 0 saturated heterocycles. The molecule has 0 unspecified atom stereocenters. The number of benzene rings is 4. The molecule has 0 bridgehead atoms. The molecule has 270 valence electrons. The Hall–Kier alpha value is -4.02. The highest BCUT2D eigenvalue weighted by atomic mass is 19.2. The summed E-state index contributed by atoms with van der Waals surface area (Å²) in [5.74, 6) is -4.07. The molecule has 0 amide bonds. The standard InChI is InChI=1S/C40H44F6O4/c1-2-9-28(26-47-18-5-3-7-20-49-31-12-14-33(37(43)24-31)29-10-16-35(41)39(45)22-29)27-48-19-6-4-8-21-50-32-13-15-34(38(44)25-32)30-11-17-36(42)40(46)23-30/h10-17,22-25,28H,2-9,18-21,26-27H2,1H3. The van der Waals surface area contributed by atoms with Crippen LogP contribution in [0.15, 0.2) is 72.8 Å². The van der Waals surface area contributed by atoms with Crippen LogP contribution in [-0.2, 0) is 9.47 Å². The Balaban J connectivity index is 1.01. The molecule has 4 aromatic rings. The summed E-state index contributed by atoms with van der Waals surface area (Å²) in [5, 5.41) is 0. The minimum Gasteiger partial charge on any atom is -0.493 e. The first-order chi connectivity index (χ1) is 24.2. The summed E-state index contributed by atoms with van der Waals surface area (Å²) in [5.41, 5.74) is 0.860. The summed E-state index contributed by atoms with van der Waals surface area (Å²) in [6, 6.07) is 15.3. The summed E-state index contributed by atoms with van der Waals surface area (Å²) >= 11 is 0. The number of ether oxygens (including phenoxy) is 4. The fourth-order valence-corrected chi connectivity index (χ4v) is 5.44. The van der Waals surface area contributed by atoms with Gasteiger partial charge in [0.2, 0.25) is 0 Å². The van der Waals surface area contributed by atoms with Gasteiger partial charge in [-0.05, 0) is 105 Å². The number of hydrogen-bond donors (Lipinski definition) is 0. The monoisotopic (exact) mass is 702 g/mol. The molecule has 0 fully saturated rings. The molecule has 10 heteroatoms. The summed E-state index contributed by atoms with van der Waals surface area (Å²) in [7, 11) is 0. The molecule has 4 nitrogen and oxygen atoms in total. The average molecular weight is 703 g/mol. The maximum atomic E-state index is 14.5. The molecule has 0 radical (unpaired) electrons. The second kappa shape index (κ2) is 20.6. The molecule has 0 aromatic heterocycles. The number of rotatable bonds is 22. The van der Waals surface area contributed by atoms with Crippen molar-refractivity contribution < 1.29 is 45.3 Å². The fourth-order valence-electron chi connectivity index (χ4n) is 5.44. The van der Waals surface area contributed by atoms with E-state index in [1.54, 1.807) is 12.1 Å². The third-order valence-electron chi connectivity index (χ3n) is 8.15. The average Bonchev–Trinajstić information content (AvgIpc) is 3.09. The lowest BCUT2D eigenvalue weighted by Gasteiger charge is -2.17. The van der Waals surface area contributed by atoms with Crippen LogP contribution < -0.4 is 9.47 Å². The summed E-state index contributed by atoms with van der Waals surface area (Å²) in [6.07, 6.45) is 7.16. The van der Waals surface area contributed by atoms with E-state index in [1.807, 2.05) is 0 Å². The van der Waals surface area contributed by atoms with Crippen molar-refractivity contribution in [2.24, 2.45) is 5.92 Å². The molecule has 4 aromatic carbocycles. The van der Waals surface area contributed by atoms with Crippen molar-refractivity contribution >= 4 is 0 Å². The molecule has 0 N–H and O–H groups in total. The van der Waals surface area contributed by atoms with Gasteiger partial charge in [-0.2, -0.15) is 0 Å². The van der Waals surface area contributed by atoms with Gasteiger partial charge in [-0.3, -0.25) is 0 Å². The van der Waals surface area contributed by atoms with Crippen molar-refractivity contribution in [1.29, 1.82) is 0 Å². The number of halogens is 6. The molecule has 50 heavy (non-hydrogen) atoms. The van der Waals surface area contributed by atoms with Gasteiger partial charge in [-0.25, -0.2) is 26.3 Å². The van der Waals surface area contributed by atoms with E-state index in [-0.39, 0.29) is 22.3 Å². The van der Waals surface area contributed by atoms with Crippen LogP contribution in [0.2, 0.25) is 0 Å². The van der Waals surface area contributed by atoms with Crippen LogP contribution in [0.5, 0.6) is 11.5 Å². The molecular formula is C40H44F6O4. The summed E-state index contributed by atoms with van der Waals surface area (Å²) < 4.78 is 106. The van der Waals surface area contributed by atoms with E-state index in [2.05, 4.69) is 6.92 Å². The lowest BCUT2D eigenvalue weighted by molar-refractivity contribution is 0.0331. The lowest BCUT2D eigenvalue weighted by Crippen LogP contribution is -2.17. The predicted molar refractivity (Wildman–Crippen MR) is 182 cm³/mol. The van der Waals surface area contributed by atoms with Gasteiger partial charge in [-0.15, -0.1) is 0 Å². The zero-order valence-corrected chi connectivity index (χ0v) is 28.3. The third kappa shape index (κ3) is 12.4. The van der Waals surface area contributed by atoms with Crippen molar-refractivity contribution in [2.45, 2.75) is 58.3 Å². The largest absolute Gasteiger partial charge is 0.493 e. The smallest absolute Gasteiger partial charge is 0.159 e. The topological polar surface area (TPSA) is 36.9 Å². The Morgan fingerprint density at radius 2 is 0.900 bits per heavy atom. The van der Waals surface area contributed by atoms with Gasteiger partial charge in [0.25, 0.3) is 0 Å². The van der Waals surface area contributed by atoms with Gasteiger partial charge in [0.1, 0.15) is 23.1 Å². The molecule has 4 rings (SSSR count). The highest BCUT2D eigenvalue weighted by Crippen LogP contribution is 2.29. The van der Waals surface area contributed by atoms with Crippen LogP contribution in [0, 0.1) is 40.8 Å². The summed E-state index contributed by atoms with van der Waals surface area (Å²) in [6.45, 7) is 5.52. The van der Waals surface area contributed by atoms with Crippen LogP contribution in [0.1, 0.15) is 58.3 Å². The fraction of sp³-hybridized carbons (Fsp3) is 0.400. The van der Waals surface area contributed by atoms with Gasteiger partial charge in [0, 0.05) is 42.4 Å². The first kappa shape index (κ1) is 38.8. The van der Waals surface area contributed by atoms with E-state index < -0.39 is 34.9 Å². The Bertz CT molecular complexity index is 1510. The Morgan fingerprint density at radius 3 is 1.30 bits per heavy atom. The lowest BCUT2D eigenvalue weighted by atomic mass is 10.0. The third-order valence-corrected chi connectivity index (χ3v) is 8.15. The van der Waals surface area contributed by atoms with Crippen molar-refractivity contribution in [3.8, 4) is 33.8 Å². The SMILES string of the molecule is CCCC(COCCCCCOc1ccc(-c2ccc(F)c(F)c2)c(F)c1)COCCCCCOc1ccc(-c2ccc(F)c(F)c2)c(F)c1. The van der Waals surface area contributed by atoms with Gasteiger partial charge in [0.15, 0.2) is 23.3 Å². The molecule has 0 heterocycles. The van der Waals surface area contributed by atoms with Crippen LogP contribution >= 0.6 is 0 Å². The van der Waals surface area contributed by atoms with Crippen LogP contribution in [0.25, 0.3) is 22.3 Å². The first-order valence-corrected chi connectivity index (χ1v) is 17.2. The predicted octanol–water partition coefficient (Wildman–Crippen LogP) is 11.1. The minimum atomic E-state index is -1.03. The van der Waals surface area contributed by atoms with Crippen LogP contribution in [0.4, 0.5) is 26.3 Å². The van der Waals surface area contributed by atoms with Crippen LogP contribution in [-0.4, -0.2) is 39.6 Å². The highest BCUT2D eigenvalue weighted by molar-refractivity contribution is 5.66. The molecule has 0 atom stereocenters. The van der Waals surface area contributed by atoms with Crippen molar-refractivity contribution in [2.75, 3.05) is 39.6 Å². The zero-order valence-electron chi connectivity index (χ0n) is 28.3. The van der Waals surface area contributed by atoms with Crippen molar-refractivity contribution in [1.82, 2.24) is 0 Å². The van der Waals surface area contributed by atoms with Gasteiger partial charge < -0.3 is 18.9 Å². The Kier molecular flexibility index (Phi) is 16.0. The van der Waals surface area contributed by atoms with E-state index in [0.29, 0.717) is 57.1 Å². The second-order valence-electron chi connectivity index (χ2n) is 12.2. The van der Waals surface area contributed by atoms with Crippen molar-refractivity contribution in [3.63, 3.8) is 0 Å². The maximum Gasteiger partial charge on any atom is 0.159 e. The second-order valence-corrected chi connectivity index (χ2v) is 12.2. The minimum absolute atomic E-state index is 0.174. The zero-order chi connectivity index (χ0) is 35.7. The maximum absolute atomic E-state index is 14.5. The van der Waals surface area contributed by atoms with Gasteiger partial charge in [-0.1, -0.05) is 25.5 Å². The molecule has 0 saturated carbocycles. The van der Waals surface area contributed by atoms with E-state index in [9.17, 15) is 26.3 Å². The van der Waals surface area contributed by atoms with Gasteiger partial charge in [0.05, 0.1) is 26.4 Å². The summed E-state index contributed by atoms with van der Waals surface area (Å²) in [4.78, 5) is 0. The quantitative estimate of drug-likeness (QED) is 0.0603. The molecule has 0 spiro atoms. The Morgan fingerprint density at radius 1 is 0.460 bits per heavy atom. The van der Waals surface area contributed by atoms with E-state index in [4.69, 9.17) is 18.9 Å². The highest BCUT2D eigenvalue weighted by Gasteiger charge is 2.12. The van der Waals surface area contributed by atoms with Crippen molar-refractivity contribution in [3.05, 3.63) is 108 Å². The Labute approximate surface area is 290 Å². The molecule has 0 aliphatic heterocycles. The first-order valence-electron chi connectivity index (χ1n) is 17.2. The van der Waals surface area contributed by atoms with E-state index in [0.717, 1.165) is 75.6 Å². The van der Waals surface area contributed by atoms with Gasteiger partial charge >= 0.3 is 0 Å². The molecule has 0 aliphatic carbocycles. The number of hydrogen-bond acceptors (Lipinski definition) is 4. The normalized spacial score (nSPS) is 11.4. The van der Waals surface area contributed by atoms with Crippen LogP contribution in [0.3, 0.4) is 0 Å². The molecule has 0 aliphatic rings. The van der Waals surface area contributed by atoms with E-state index >= 15 is 0 Å². The number of unbranched alkanes of at least 4 members (excludes halogenated alkanes) is 4. The molecular weight excluding hydrogens is 658 g/mol.